The zero-order valence-corrected chi connectivity index (χ0v) is 11.2. The van der Waals surface area contributed by atoms with Crippen LogP contribution in [0.1, 0.15) is 27.6 Å². The standard InChI is InChI=1S/C10H8BrIO2/c1-6(11)10(14)8-2-7(5-13)3-9(12)4-8/h2-6H,1H3. The fraction of sp³-hybridized carbons (Fsp3) is 0.200. The lowest BCUT2D eigenvalue weighted by atomic mass is 10.1. The van der Waals surface area contributed by atoms with E-state index in [9.17, 15) is 9.59 Å². The summed E-state index contributed by atoms with van der Waals surface area (Å²) in [5, 5.41) is 0. The number of halogens is 2. The maximum absolute atomic E-state index is 11.6. The van der Waals surface area contributed by atoms with Gasteiger partial charge in [0.1, 0.15) is 6.29 Å². The molecule has 0 spiro atoms. The molecule has 0 fully saturated rings. The summed E-state index contributed by atoms with van der Waals surface area (Å²) in [5.41, 5.74) is 1.11. The van der Waals surface area contributed by atoms with Crippen molar-refractivity contribution in [3.63, 3.8) is 0 Å². The highest BCUT2D eigenvalue weighted by Gasteiger charge is 2.12. The van der Waals surface area contributed by atoms with Gasteiger partial charge in [-0.05, 0) is 47.7 Å². The van der Waals surface area contributed by atoms with Gasteiger partial charge in [0.2, 0.25) is 0 Å². The molecular formula is C10H8BrIO2. The molecule has 0 heterocycles. The van der Waals surface area contributed by atoms with Crippen molar-refractivity contribution >= 4 is 50.6 Å². The first kappa shape index (κ1) is 11.8. The summed E-state index contributed by atoms with van der Waals surface area (Å²) in [5.74, 6) is -0.00776. The molecular weight excluding hydrogens is 359 g/mol. The molecule has 1 rings (SSSR count). The molecule has 0 bridgehead atoms. The number of rotatable bonds is 3. The van der Waals surface area contributed by atoms with Crippen molar-refractivity contribution in [2.75, 3.05) is 0 Å². The molecule has 0 aromatic heterocycles. The van der Waals surface area contributed by atoms with Gasteiger partial charge in [-0.2, -0.15) is 0 Å². The molecule has 0 aliphatic rings. The Morgan fingerprint density at radius 1 is 1.50 bits per heavy atom. The number of alkyl halides is 1. The molecule has 74 valence electrons. The Balaban J connectivity index is 3.15. The predicted molar refractivity (Wildman–Crippen MR) is 67.3 cm³/mol. The molecule has 14 heavy (non-hydrogen) atoms. The van der Waals surface area contributed by atoms with Crippen LogP contribution in [0.2, 0.25) is 0 Å². The fourth-order valence-corrected chi connectivity index (χ4v) is 2.01. The maximum Gasteiger partial charge on any atom is 0.176 e. The van der Waals surface area contributed by atoms with Gasteiger partial charge in [0.05, 0.1) is 4.83 Å². The van der Waals surface area contributed by atoms with Gasteiger partial charge in [0.25, 0.3) is 0 Å². The first-order valence-corrected chi connectivity index (χ1v) is 5.98. The quantitative estimate of drug-likeness (QED) is 0.356. The molecule has 0 aliphatic carbocycles. The van der Waals surface area contributed by atoms with Crippen LogP contribution < -0.4 is 0 Å². The minimum atomic E-state index is -0.222. The molecule has 1 aromatic rings. The summed E-state index contributed by atoms with van der Waals surface area (Å²) in [4.78, 5) is 22.0. The largest absolute Gasteiger partial charge is 0.298 e. The second kappa shape index (κ2) is 5.02. The van der Waals surface area contributed by atoms with Crippen LogP contribution in [0.25, 0.3) is 0 Å². The fourth-order valence-electron chi connectivity index (χ4n) is 1.05. The van der Waals surface area contributed by atoms with E-state index in [1.807, 2.05) is 0 Å². The normalized spacial score (nSPS) is 12.2. The SMILES string of the molecule is CC(Br)C(=O)c1cc(I)cc(C=O)c1. The van der Waals surface area contributed by atoms with E-state index in [4.69, 9.17) is 0 Å². The van der Waals surface area contributed by atoms with E-state index in [-0.39, 0.29) is 10.6 Å². The summed E-state index contributed by atoms with van der Waals surface area (Å²) in [6.45, 7) is 1.77. The molecule has 0 saturated carbocycles. The van der Waals surface area contributed by atoms with Crippen molar-refractivity contribution in [2.24, 2.45) is 0 Å². The summed E-state index contributed by atoms with van der Waals surface area (Å²) >= 11 is 5.29. The van der Waals surface area contributed by atoms with Gasteiger partial charge in [-0.1, -0.05) is 15.9 Å². The zero-order chi connectivity index (χ0) is 10.7. The topological polar surface area (TPSA) is 34.1 Å². The Labute approximate surface area is 104 Å². The van der Waals surface area contributed by atoms with Crippen molar-refractivity contribution in [2.45, 2.75) is 11.8 Å². The van der Waals surface area contributed by atoms with E-state index in [2.05, 4.69) is 38.5 Å². The number of carbonyl (C=O) groups excluding carboxylic acids is 2. The first-order valence-electron chi connectivity index (χ1n) is 3.98. The van der Waals surface area contributed by atoms with Crippen LogP contribution in [0.4, 0.5) is 0 Å². The lowest BCUT2D eigenvalue weighted by Gasteiger charge is -2.04. The van der Waals surface area contributed by atoms with E-state index in [1.165, 1.54) is 0 Å². The third-order valence-corrected chi connectivity index (χ3v) is 2.74. The third kappa shape index (κ3) is 2.88. The Hall–Kier alpha value is -0.230. The summed E-state index contributed by atoms with van der Waals surface area (Å²) in [7, 11) is 0. The van der Waals surface area contributed by atoms with Crippen molar-refractivity contribution in [1.29, 1.82) is 0 Å². The van der Waals surface area contributed by atoms with E-state index >= 15 is 0 Å². The highest BCUT2D eigenvalue weighted by molar-refractivity contribution is 14.1. The van der Waals surface area contributed by atoms with Gasteiger partial charge in [0, 0.05) is 14.7 Å². The van der Waals surface area contributed by atoms with Gasteiger partial charge in [-0.3, -0.25) is 9.59 Å². The molecule has 0 N–H and O–H groups in total. The Kier molecular flexibility index (Phi) is 4.25. The number of benzene rings is 1. The van der Waals surface area contributed by atoms with Crippen molar-refractivity contribution in [3.05, 3.63) is 32.9 Å². The molecule has 4 heteroatoms. The van der Waals surface area contributed by atoms with Crippen LogP contribution in [0, 0.1) is 3.57 Å². The van der Waals surface area contributed by atoms with Gasteiger partial charge in [-0.25, -0.2) is 0 Å². The second-order valence-electron chi connectivity index (χ2n) is 2.87. The van der Waals surface area contributed by atoms with Crippen LogP contribution in [0.15, 0.2) is 18.2 Å². The zero-order valence-electron chi connectivity index (χ0n) is 7.46. The van der Waals surface area contributed by atoms with Gasteiger partial charge in [-0.15, -0.1) is 0 Å². The molecule has 1 aromatic carbocycles. The monoisotopic (exact) mass is 366 g/mol. The van der Waals surface area contributed by atoms with Crippen LogP contribution in [0.3, 0.4) is 0 Å². The van der Waals surface area contributed by atoms with Crippen LogP contribution in [-0.4, -0.2) is 16.9 Å². The molecule has 0 saturated heterocycles. The van der Waals surface area contributed by atoms with Gasteiger partial charge in [0.15, 0.2) is 5.78 Å². The van der Waals surface area contributed by atoms with E-state index < -0.39 is 0 Å². The number of hydrogen-bond acceptors (Lipinski definition) is 2. The highest BCUT2D eigenvalue weighted by Crippen LogP contribution is 2.15. The third-order valence-electron chi connectivity index (χ3n) is 1.70. The Morgan fingerprint density at radius 3 is 2.64 bits per heavy atom. The summed E-state index contributed by atoms with van der Waals surface area (Å²) in [6, 6.07) is 5.12. The lowest BCUT2D eigenvalue weighted by Crippen LogP contribution is -2.10. The smallest absolute Gasteiger partial charge is 0.176 e. The lowest BCUT2D eigenvalue weighted by molar-refractivity contribution is 0.0996. The average molecular weight is 367 g/mol. The molecule has 0 aliphatic heterocycles. The van der Waals surface area contributed by atoms with Crippen molar-refractivity contribution in [3.8, 4) is 0 Å². The van der Waals surface area contributed by atoms with Crippen LogP contribution >= 0.6 is 38.5 Å². The number of Topliss-reactive ketones (excluding diaryl/α,β-unsaturated/α-hetero) is 1. The van der Waals surface area contributed by atoms with Gasteiger partial charge >= 0.3 is 0 Å². The van der Waals surface area contributed by atoms with Crippen molar-refractivity contribution in [1.82, 2.24) is 0 Å². The molecule has 0 amide bonds. The number of carbonyl (C=O) groups is 2. The van der Waals surface area contributed by atoms with Crippen LogP contribution in [0.5, 0.6) is 0 Å². The van der Waals surface area contributed by atoms with Crippen molar-refractivity contribution < 1.29 is 9.59 Å². The number of aldehydes is 1. The van der Waals surface area contributed by atoms with Gasteiger partial charge < -0.3 is 0 Å². The number of hydrogen-bond donors (Lipinski definition) is 0. The van der Waals surface area contributed by atoms with Crippen LogP contribution in [-0.2, 0) is 0 Å². The molecule has 0 radical (unpaired) electrons. The molecule has 2 nitrogen and oxygen atoms in total. The average Bonchev–Trinajstić information content (AvgIpc) is 2.15. The van der Waals surface area contributed by atoms with E-state index in [0.717, 1.165) is 9.86 Å². The van der Waals surface area contributed by atoms with E-state index in [1.54, 1.807) is 25.1 Å². The maximum atomic E-state index is 11.6. The highest BCUT2D eigenvalue weighted by atomic mass is 127. The van der Waals surface area contributed by atoms with E-state index in [0.29, 0.717) is 11.1 Å². The molecule has 1 atom stereocenters. The Bertz CT molecular complexity index is 374. The first-order chi connectivity index (χ1) is 6.54. The number of ketones is 1. The summed E-state index contributed by atoms with van der Waals surface area (Å²) < 4.78 is 0.892. The molecule has 1 unspecified atom stereocenters. The summed E-state index contributed by atoms with van der Waals surface area (Å²) in [6.07, 6.45) is 0.748. The Morgan fingerprint density at radius 2 is 2.14 bits per heavy atom. The minimum Gasteiger partial charge on any atom is -0.298 e. The minimum absolute atomic E-state index is 0.00776. The second-order valence-corrected chi connectivity index (χ2v) is 5.49. The predicted octanol–water partition coefficient (Wildman–Crippen LogP) is 3.07.